The van der Waals surface area contributed by atoms with Crippen molar-refractivity contribution in [2.75, 3.05) is 26.3 Å². The Bertz CT molecular complexity index is 721. The van der Waals surface area contributed by atoms with Gasteiger partial charge in [-0.05, 0) is 43.4 Å². The number of esters is 1. The molecule has 0 N–H and O–H groups in total. The van der Waals surface area contributed by atoms with Gasteiger partial charge in [0.15, 0.2) is 0 Å². The van der Waals surface area contributed by atoms with Crippen molar-refractivity contribution in [3.63, 3.8) is 0 Å². The normalized spacial score (nSPS) is 17.0. The number of carbonyl (C=O) groups excluding carboxylic acids is 2. The molecule has 2 aliphatic heterocycles. The fourth-order valence-corrected chi connectivity index (χ4v) is 3.73. The summed E-state index contributed by atoms with van der Waals surface area (Å²) < 4.78 is 10.4. The van der Waals surface area contributed by atoms with Gasteiger partial charge in [-0.2, -0.15) is 0 Å². The average molecular weight is 372 g/mol. The molecule has 1 aromatic carbocycles. The van der Waals surface area contributed by atoms with Crippen LogP contribution in [0.4, 0.5) is 10.5 Å². The minimum absolute atomic E-state index is 0.153. The van der Waals surface area contributed by atoms with Gasteiger partial charge >= 0.3 is 12.1 Å². The van der Waals surface area contributed by atoms with Crippen LogP contribution in [0.25, 0.3) is 0 Å². The molecule has 1 saturated heterocycles. The van der Waals surface area contributed by atoms with E-state index >= 15 is 0 Å². The largest absolute Gasteiger partial charge is 0.466 e. The van der Waals surface area contributed by atoms with E-state index in [0.29, 0.717) is 26.3 Å². The summed E-state index contributed by atoms with van der Waals surface area (Å²) in [7, 11) is 0. The molecular formula is C21H28N2O4. The zero-order valence-corrected chi connectivity index (χ0v) is 16.2. The van der Waals surface area contributed by atoms with Gasteiger partial charge in [0, 0.05) is 24.7 Å². The number of carbonyl (C=O) groups is 2. The molecule has 2 heterocycles. The van der Waals surface area contributed by atoms with E-state index in [-0.39, 0.29) is 23.9 Å². The van der Waals surface area contributed by atoms with E-state index in [4.69, 9.17) is 9.47 Å². The lowest BCUT2D eigenvalue weighted by Crippen LogP contribution is -2.45. The monoisotopic (exact) mass is 372 g/mol. The maximum atomic E-state index is 12.2. The van der Waals surface area contributed by atoms with Crippen molar-refractivity contribution < 1.29 is 19.1 Å². The van der Waals surface area contributed by atoms with E-state index in [2.05, 4.69) is 18.0 Å². The molecule has 2 aliphatic rings. The highest BCUT2D eigenvalue weighted by molar-refractivity contribution is 5.86. The van der Waals surface area contributed by atoms with E-state index in [0.717, 1.165) is 42.5 Å². The molecule has 0 radical (unpaired) electrons. The maximum Gasteiger partial charge on any atom is 0.409 e. The first kappa shape index (κ1) is 19.4. The van der Waals surface area contributed by atoms with Crippen LogP contribution in [0, 0.1) is 0 Å². The van der Waals surface area contributed by atoms with Crippen LogP contribution in [-0.4, -0.2) is 49.5 Å². The first-order valence-corrected chi connectivity index (χ1v) is 9.84. The third-order valence-electron chi connectivity index (χ3n) is 5.34. The van der Waals surface area contributed by atoms with Crippen LogP contribution in [0.2, 0.25) is 0 Å². The van der Waals surface area contributed by atoms with Crippen molar-refractivity contribution in [3.8, 4) is 0 Å². The minimum atomic E-state index is -0.218. The molecule has 0 bridgehead atoms. The van der Waals surface area contributed by atoms with Crippen LogP contribution in [0.1, 0.15) is 50.7 Å². The summed E-state index contributed by atoms with van der Waals surface area (Å²) in [5.41, 5.74) is 2.91. The Morgan fingerprint density at radius 1 is 1.19 bits per heavy atom. The number of fused-ring (bicyclic) bond motifs is 2. The van der Waals surface area contributed by atoms with Crippen molar-refractivity contribution in [3.05, 3.63) is 29.3 Å². The molecular weight excluding hydrogens is 344 g/mol. The molecule has 1 aromatic rings. The summed E-state index contributed by atoms with van der Waals surface area (Å²) in [6.07, 6.45) is 5.61. The molecule has 0 aromatic heterocycles. The number of rotatable bonds is 6. The van der Waals surface area contributed by atoms with Crippen LogP contribution >= 0.6 is 0 Å². The Kier molecular flexibility index (Phi) is 6.14. The van der Waals surface area contributed by atoms with E-state index in [1.807, 2.05) is 25.3 Å². The highest BCUT2D eigenvalue weighted by atomic mass is 16.6. The molecule has 0 aliphatic carbocycles. The second-order valence-electron chi connectivity index (χ2n) is 7.20. The summed E-state index contributed by atoms with van der Waals surface area (Å²) in [4.78, 5) is 30.3. The number of likely N-dealkylation sites (tertiary alicyclic amines) is 1. The number of amides is 1. The summed E-state index contributed by atoms with van der Waals surface area (Å²) in [6.45, 7) is 6.06. The van der Waals surface area contributed by atoms with Crippen molar-refractivity contribution in [2.24, 2.45) is 4.99 Å². The van der Waals surface area contributed by atoms with Gasteiger partial charge < -0.3 is 14.4 Å². The molecule has 6 nitrogen and oxygen atoms in total. The second kappa shape index (κ2) is 8.55. The molecule has 1 spiro atoms. The van der Waals surface area contributed by atoms with Gasteiger partial charge in [-0.3, -0.25) is 9.79 Å². The Balaban J connectivity index is 1.65. The van der Waals surface area contributed by atoms with Gasteiger partial charge in [-0.1, -0.05) is 25.5 Å². The molecule has 0 saturated carbocycles. The van der Waals surface area contributed by atoms with Gasteiger partial charge in [0.05, 0.1) is 25.3 Å². The van der Waals surface area contributed by atoms with Crippen molar-refractivity contribution in [1.29, 1.82) is 0 Å². The number of aliphatic imine (C=N–C) groups is 1. The van der Waals surface area contributed by atoms with Gasteiger partial charge in [0.1, 0.15) is 0 Å². The van der Waals surface area contributed by atoms with Crippen LogP contribution in [0.3, 0.4) is 0 Å². The van der Waals surface area contributed by atoms with Gasteiger partial charge in [-0.25, -0.2) is 4.79 Å². The summed E-state index contributed by atoms with van der Waals surface area (Å²) in [5, 5.41) is 0. The van der Waals surface area contributed by atoms with Crippen LogP contribution in [0.5, 0.6) is 0 Å². The SMILES string of the molecule is CCCCOC(=O)N1CCC2(C=Nc3ccc(CC(=O)OCC)cc32)CC1. The van der Waals surface area contributed by atoms with Gasteiger partial charge in [-0.15, -0.1) is 0 Å². The standard InChI is InChI=1S/C21H28N2O4/c1-3-5-12-27-20(25)23-10-8-21(9-11-23)15-22-18-7-6-16(13-17(18)21)14-19(24)26-4-2/h6-7,13,15H,3-5,8-12,14H2,1-2H3. The second-order valence-corrected chi connectivity index (χ2v) is 7.20. The molecule has 1 amide bonds. The number of hydrogen-bond acceptors (Lipinski definition) is 5. The fourth-order valence-electron chi connectivity index (χ4n) is 3.73. The number of hydrogen-bond donors (Lipinski definition) is 0. The predicted molar refractivity (Wildman–Crippen MR) is 104 cm³/mol. The first-order chi connectivity index (χ1) is 13.1. The van der Waals surface area contributed by atoms with E-state index in [1.165, 1.54) is 0 Å². The third kappa shape index (κ3) is 4.31. The van der Waals surface area contributed by atoms with Crippen LogP contribution in [-0.2, 0) is 26.1 Å². The zero-order chi connectivity index (χ0) is 19.3. The molecule has 3 rings (SSSR count). The summed E-state index contributed by atoms with van der Waals surface area (Å²) in [6, 6.07) is 5.99. The maximum absolute atomic E-state index is 12.2. The van der Waals surface area contributed by atoms with Gasteiger partial charge in [0.2, 0.25) is 0 Å². The Morgan fingerprint density at radius 2 is 1.96 bits per heavy atom. The molecule has 146 valence electrons. The lowest BCUT2D eigenvalue weighted by atomic mass is 9.74. The van der Waals surface area contributed by atoms with Crippen LogP contribution < -0.4 is 0 Å². The highest BCUT2D eigenvalue weighted by Gasteiger charge is 2.40. The van der Waals surface area contributed by atoms with E-state index < -0.39 is 0 Å². The summed E-state index contributed by atoms with van der Waals surface area (Å²) >= 11 is 0. The first-order valence-electron chi connectivity index (χ1n) is 9.84. The summed E-state index contributed by atoms with van der Waals surface area (Å²) in [5.74, 6) is -0.213. The van der Waals surface area contributed by atoms with Crippen molar-refractivity contribution in [2.45, 2.75) is 51.4 Å². The fraction of sp³-hybridized carbons (Fsp3) is 0.571. The smallest absolute Gasteiger partial charge is 0.409 e. The van der Waals surface area contributed by atoms with Crippen molar-refractivity contribution in [1.82, 2.24) is 4.90 Å². The Hall–Kier alpha value is -2.37. The number of benzene rings is 1. The number of ether oxygens (including phenoxy) is 2. The van der Waals surface area contributed by atoms with E-state index in [1.54, 1.807) is 4.90 Å². The van der Waals surface area contributed by atoms with Crippen molar-refractivity contribution >= 4 is 24.0 Å². The predicted octanol–water partition coefficient (Wildman–Crippen LogP) is 3.78. The minimum Gasteiger partial charge on any atom is -0.466 e. The number of piperidine rings is 1. The quantitative estimate of drug-likeness (QED) is 0.563. The van der Waals surface area contributed by atoms with Crippen LogP contribution in [0.15, 0.2) is 23.2 Å². The van der Waals surface area contributed by atoms with Gasteiger partial charge in [0.25, 0.3) is 0 Å². The third-order valence-corrected chi connectivity index (χ3v) is 5.34. The Morgan fingerprint density at radius 3 is 2.67 bits per heavy atom. The van der Waals surface area contributed by atoms with E-state index in [9.17, 15) is 9.59 Å². The molecule has 6 heteroatoms. The zero-order valence-electron chi connectivity index (χ0n) is 16.2. The number of unbranched alkanes of at least 4 members (excludes halogenated alkanes) is 1. The highest BCUT2D eigenvalue weighted by Crippen LogP contribution is 2.44. The molecule has 0 unspecified atom stereocenters. The number of nitrogens with zero attached hydrogens (tertiary/aromatic N) is 2. The Labute approximate surface area is 160 Å². The average Bonchev–Trinajstić information content (AvgIpc) is 3.00. The molecule has 0 atom stereocenters. The lowest BCUT2D eigenvalue weighted by Gasteiger charge is -2.37. The topological polar surface area (TPSA) is 68.2 Å². The molecule has 1 fully saturated rings. The lowest BCUT2D eigenvalue weighted by molar-refractivity contribution is -0.142. The molecule has 27 heavy (non-hydrogen) atoms.